The molecule has 3 aromatic rings. The van der Waals surface area contributed by atoms with Crippen LogP contribution in [0.5, 0.6) is 0 Å². The van der Waals surface area contributed by atoms with Gasteiger partial charge in [-0.1, -0.05) is 32.0 Å². The highest BCUT2D eigenvalue weighted by molar-refractivity contribution is 6.03. The van der Waals surface area contributed by atoms with Crippen LogP contribution in [0.4, 0.5) is 0 Å². The number of pyridine rings is 1. The van der Waals surface area contributed by atoms with Crippen molar-refractivity contribution in [1.82, 2.24) is 20.1 Å². The number of nitrogens with one attached hydrogen (secondary N) is 2. The van der Waals surface area contributed by atoms with Gasteiger partial charge in [0.05, 0.1) is 10.9 Å². The van der Waals surface area contributed by atoms with E-state index in [1.165, 1.54) is 0 Å². The number of aryl methyl sites for hydroxylation is 2. The summed E-state index contributed by atoms with van der Waals surface area (Å²) in [6.45, 7) is 7.03. The van der Waals surface area contributed by atoms with Crippen molar-refractivity contribution in [1.29, 1.82) is 0 Å². The lowest BCUT2D eigenvalue weighted by Gasteiger charge is -2.12. The number of carbonyl (C=O) groups is 1. The molecule has 0 spiro atoms. The summed E-state index contributed by atoms with van der Waals surface area (Å²) in [5.74, 6) is 0.409. The Morgan fingerprint density at radius 1 is 1.32 bits per heavy atom. The van der Waals surface area contributed by atoms with Gasteiger partial charge in [-0.2, -0.15) is 5.10 Å². The fraction of sp³-hybridized carbons (Fsp3) is 0.421. The molecule has 2 N–H and O–H groups in total. The summed E-state index contributed by atoms with van der Waals surface area (Å²) in [4.78, 5) is 24.7. The van der Waals surface area contributed by atoms with Crippen LogP contribution in [-0.4, -0.2) is 27.2 Å². The van der Waals surface area contributed by atoms with Crippen LogP contribution in [-0.2, 0) is 11.3 Å². The van der Waals surface area contributed by atoms with Gasteiger partial charge in [-0.25, -0.2) is 0 Å². The molecule has 0 radical (unpaired) electrons. The minimum atomic E-state index is -0.0338. The second-order valence-corrected chi connectivity index (χ2v) is 6.85. The fourth-order valence-corrected chi connectivity index (χ4v) is 3.17. The van der Waals surface area contributed by atoms with E-state index in [2.05, 4.69) is 15.5 Å². The number of carbonyl (C=O) groups excluding carboxylic acids is 1. The zero-order chi connectivity index (χ0) is 18.0. The van der Waals surface area contributed by atoms with Gasteiger partial charge in [0.2, 0.25) is 5.91 Å². The molecule has 0 fully saturated rings. The van der Waals surface area contributed by atoms with Crippen molar-refractivity contribution in [3.8, 4) is 0 Å². The summed E-state index contributed by atoms with van der Waals surface area (Å²) in [6.07, 6.45) is 1.24. The highest BCUT2D eigenvalue weighted by atomic mass is 16.1. The molecular formula is C19H24N4O2. The van der Waals surface area contributed by atoms with Crippen molar-refractivity contribution in [3.63, 3.8) is 0 Å². The second-order valence-electron chi connectivity index (χ2n) is 6.85. The van der Waals surface area contributed by atoms with Gasteiger partial charge in [-0.15, -0.1) is 0 Å². The van der Waals surface area contributed by atoms with Crippen LogP contribution in [0.3, 0.4) is 0 Å². The van der Waals surface area contributed by atoms with E-state index in [0.29, 0.717) is 37.2 Å². The SMILES string of the molecule is Cc1[nH]nc2c1c(=O)n(CCCNC(=O)CC(C)C)c1ccccc21. The summed E-state index contributed by atoms with van der Waals surface area (Å²) in [5.41, 5.74) is 2.35. The first-order chi connectivity index (χ1) is 12.0. The molecule has 6 heteroatoms. The summed E-state index contributed by atoms with van der Waals surface area (Å²) >= 11 is 0. The van der Waals surface area contributed by atoms with Crippen LogP contribution in [0.15, 0.2) is 29.1 Å². The Balaban J connectivity index is 1.85. The van der Waals surface area contributed by atoms with E-state index < -0.39 is 0 Å². The van der Waals surface area contributed by atoms with Crippen molar-refractivity contribution in [3.05, 3.63) is 40.3 Å². The van der Waals surface area contributed by atoms with Crippen LogP contribution >= 0.6 is 0 Å². The second kappa shape index (κ2) is 7.09. The van der Waals surface area contributed by atoms with E-state index in [-0.39, 0.29) is 11.5 Å². The maximum atomic E-state index is 12.9. The lowest BCUT2D eigenvalue weighted by atomic mass is 10.1. The molecule has 0 saturated carbocycles. The molecular weight excluding hydrogens is 316 g/mol. The number of aromatic amines is 1. The molecule has 1 aromatic carbocycles. The van der Waals surface area contributed by atoms with Crippen LogP contribution in [0.2, 0.25) is 0 Å². The van der Waals surface area contributed by atoms with E-state index in [1.54, 1.807) is 4.57 Å². The molecule has 0 saturated heterocycles. The Hall–Kier alpha value is -2.63. The number of aromatic nitrogens is 3. The molecule has 2 heterocycles. The smallest absolute Gasteiger partial charge is 0.262 e. The number of amides is 1. The summed E-state index contributed by atoms with van der Waals surface area (Å²) in [7, 11) is 0. The van der Waals surface area contributed by atoms with Crippen LogP contribution < -0.4 is 10.9 Å². The Bertz CT molecular complexity index is 969. The minimum Gasteiger partial charge on any atom is -0.356 e. The molecule has 6 nitrogen and oxygen atoms in total. The van der Waals surface area contributed by atoms with Crippen LogP contribution in [0, 0.1) is 12.8 Å². The predicted molar refractivity (Wildman–Crippen MR) is 99.7 cm³/mol. The highest BCUT2D eigenvalue weighted by Crippen LogP contribution is 2.22. The fourth-order valence-electron chi connectivity index (χ4n) is 3.17. The number of benzene rings is 1. The average molecular weight is 340 g/mol. The molecule has 0 atom stereocenters. The summed E-state index contributed by atoms with van der Waals surface area (Å²) in [5, 5.41) is 11.7. The quantitative estimate of drug-likeness (QED) is 0.677. The van der Waals surface area contributed by atoms with E-state index in [4.69, 9.17) is 0 Å². The van der Waals surface area contributed by atoms with E-state index in [9.17, 15) is 9.59 Å². The topological polar surface area (TPSA) is 79.8 Å². The molecule has 0 aliphatic carbocycles. The number of fused-ring (bicyclic) bond motifs is 3. The number of nitrogens with zero attached hydrogens (tertiary/aromatic N) is 2. The molecule has 132 valence electrons. The Labute approximate surface area is 146 Å². The van der Waals surface area contributed by atoms with Gasteiger partial charge in [0.15, 0.2) is 0 Å². The third-order valence-electron chi connectivity index (χ3n) is 4.33. The van der Waals surface area contributed by atoms with Crippen molar-refractivity contribution < 1.29 is 4.79 Å². The number of rotatable bonds is 6. The molecule has 0 bridgehead atoms. The molecule has 3 rings (SSSR count). The zero-order valence-electron chi connectivity index (χ0n) is 14.9. The summed E-state index contributed by atoms with van der Waals surface area (Å²) in [6, 6.07) is 7.80. The van der Waals surface area contributed by atoms with Gasteiger partial charge < -0.3 is 9.88 Å². The van der Waals surface area contributed by atoms with Gasteiger partial charge in [0.1, 0.15) is 5.52 Å². The molecule has 0 unspecified atom stereocenters. The van der Waals surface area contributed by atoms with E-state index >= 15 is 0 Å². The molecule has 0 aliphatic heterocycles. The van der Waals surface area contributed by atoms with Crippen molar-refractivity contribution in [2.45, 2.75) is 40.2 Å². The predicted octanol–water partition coefficient (Wildman–Crippen LogP) is 2.74. The molecule has 2 aromatic heterocycles. The van der Waals surface area contributed by atoms with Crippen molar-refractivity contribution >= 4 is 27.7 Å². The molecule has 25 heavy (non-hydrogen) atoms. The van der Waals surface area contributed by atoms with Gasteiger partial charge in [-0.05, 0) is 25.3 Å². The maximum absolute atomic E-state index is 12.9. The highest BCUT2D eigenvalue weighted by Gasteiger charge is 2.14. The largest absolute Gasteiger partial charge is 0.356 e. The number of hydrogen-bond acceptors (Lipinski definition) is 3. The van der Waals surface area contributed by atoms with Gasteiger partial charge in [-0.3, -0.25) is 14.7 Å². The summed E-state index contributed by atoms with van der Waals surface area (Å²) < 4.78 is 1.79. The van der Waals surface area contributed by atoms with Gasteiger partial charge >= 0.3 is 0 Å². The zero-order valence-corrected chi connectivity index (χ0v) is 14.9. The first kappa shape index (κ1) is 17.2. The van der Waals surface area contributed by atoms with Crippen LogP contribution in [0.25, 0.3) is 21.8 Å². The first-order valence-corrected chi connectivity index (χ1v) is 8.72. The van der Waals surface area contributed by atoms with Crippen LogP contribution in [0.1, 0.15) is 32.4 Å². The van der Waals surface area contributed by atoms with Crippen molar-refractivity contribution in [2.24, 2.45) is 5.92 Å². The molecule has 1 amide bonds. The van der Waals surface area contributed by atoms with E-state index in [1.807, 2.05) is 45.0 Å². The third kappa shape index (κ3) is 3.43. The number of para-hydroxylation sites is 1. The minimum absolute atomic E-state index is 0.0338. The monoisotopic (exact) mass is 340 g/mol. The third-order valence-corrected chi connectivity index (χ3v) is 4.33. The number of hydrogen-bond donors (Lipinski definition) is 2. The Morgan fingerprint density at radius 2 is 2.08 bits per heavy atom. The van der Waals surface area contributed by atoms with Crippen molar-refractivity contribution in [2.75, 3.05) is 6.54 Å². The first-order valence-electron chi connectivity index (χ1n) is 8.72. The normalized spacial score (nSPS) is 11.5. The lowest BCUT2D eigenvalue weighted by molar-refractivity contribution is -0.121. The maximum Gasteiger partial charge on any atom is 0.262 e. The Kier molecular flexibility index (Phi) is 4.88. The van der Waals surface area contributed by atoms with E-state index in [0.717, 1.165) is 22.1 Å². The molecule has 0 aliphatic rings. The van der Waals surface area contributed by atoms with Gasteiger partial charge in [0.25, 0.3) is 5.56 Å². The Morgan fingerprint density at radius 3 is 2.84 bits per heavy atom. The standard InChI is InChI=1S/C19H24N4O2/c1-12(2)11-16(24)20-9-6-10-23-15-8-5-4-7-14(15)18-17(19(23)25)13(3)21-22-18/h4-5,7-8,12H,6,9-11H2,1-3H3,(H,20,24)(H,21,22). The average Bonchev–Trinajstić information content (AvgIpc) is 2.95. The van der Waals surface area contributed by atoms with Gasteiger partial charge in [0, 0.05) is 30.6 Å². The lowest BCUT2D eigenvalue weighted by Crippen LogP contribution is -2.28. The number of H-pyrrole nitrogens is 1.